The minimum absolute atomic E-state index is 0. The highest BCUT2D eigenvalue weighted by molar-refractivity contribution is 9.10. The molecule has 0 radical (unpaired) electrons. The van der Waals surface area contributed by atoms with Crippen LogP contribution in [0.15, 0.2) is 95.6 Å². The first-order valence-corrected chi connectivity index (χ1v) is 18.1. The number of aromatic nitrogens is 1. The lowest BCUT2D eigenvalue weighted by Crippen LogP contribution is -2.44. The van der Waals surface area contributed by atoms with Gasteiger partial charge in [-0.1, -0.05) is 34.1 Å². The van der Waals surface area contributed by atoms with Crippen LogP contribution in [0.5, 0.6) is 34.5 Å². The smallest absolute Gasteiger partial charge is 0.203 e. The summed E-state index contributed by atoms with van der Waals surface area (Å²) in [4.78, 5) is 9.82. The second-order valence-corrected chi connectivity index (χ2v) is 13.6. The molecule has 12 heteroatoms. The Morgan fingerprint density at radius 3 is 1.72 bits per heavy atom. The first-order valence-electron chi connectivity index (χ1n) is 17.3. The molecule has 0 saturated carbocycles. The summed E-state index contributed by atoms with van der Waals surface area (Å²) in [6.45, 7) is 3.63. The van der Waals surface area contributed by atoms with Gasteiger partial charge in [0, 0.05) is 54.1 Å². The van der Waals surface area contributed by atoms with E-state index < -0.39 is 0 Å². The number of hydrogen-bond donors (Lipinski definition) is 0. The minimum atomic E-state index is 0. The molecule has 0 spiro atoms. The van der Waals surface area contributed by atoms with Gasteiger partial charge < -0.3 is 33.3 Å². The molecule has 0 amide bonds. The van der Waals surface area contributed by atoms with E-state index in [1.165, 1.54) is 16.8 Å². The summed E-state index contributed by atoms with van der Waals surface area (Å²) in [5.74, 6) is 3.63. The van der Waals surface area contributed by atoms with Crippen LogP contribution >= 0.6 is 40.7 Å². The lowest BCUT2D eigenvalue weighted by atomic mass is 9.99. The van der Waals surface area contributed by atoms with Crippen LogP contribution in [0.4, 0.5) is 5.69 Å². The Labute approximate surface area is 339 Å². The standard InChI is InChI=1S/C42H46BrN3O6.2ClH/c1-47-37-22-31(23-38(48-2)41(37)51-5)30-9-7-8-28(20-30)26-45-18-15-35(16-19-45)46(34-12-10-33(43)11-13-34)27-29-14-17-44-36(21-29)32-24-39(49-3)42(52-6)40(25-32)50-4;;/h7-14,17,20-25,35H,15-16,18-19,26-27H2,1-6H3;2*1H. The van der Waals surface area contributed by atoms with Gasteiger partial charge in [-0.25, -0.2) is 0 Å². The monoisotopic (exact) mass is 839 g/mol. The predicted octanol–water partition coefficient (Wildman–Crippen LogP) is 9.74. The number of halogens is 3. The van der Waals surface area contributed by atoms with Crippen LogP contribution in [0, 0.1) is 0 Å². The molecule has 1 aliphatic rings. The van der Waals surface area contributed by atoms with Gasteiger partial charge in [0.05, 0.1) is 48.4 Å². The number of ether oxygens (including phenoxy) is 6. The molecule has 1 saturated heterocycles. The molecule has 6 rings (SSSR count). The van der Waals surface area contributed by atoms with Gasteiger partial charge in [-0.05, 0) is 102 Å². The van der Waals surface area contributed by atoms with E-state index in [0.717, 1.165) is 65.9 Å². The van der Waals surface area contributed by atoms with E-state index in [1.54, 1.807) is 42.7 Å². The molecule has 5 aromatic rings. The normalized spacial score (nSPS) is 12.9. The van der Waals surface area contributed by atoms with Gasteiger partial charge in [0.2, 0.25) is 11.5 Å². The largest absolute Gasteiger partial charge is 0.493 e. The summed E-state index contributed by atoms with van der Waals surface area (Å²) in [6.07, 6.45) is 3.98. The van der Waals surface area contributed by atoms with Crippen LogP contribution in [-0.2, 0) is 13.1 Å². The fourth-order valence-corrected chi connectivity index (χ4v) is 7.23. The van der Waals surface area contributed by atoms with E-state index in [0.29, 0.717) is 40.5 Å². The van der Waals surface area contributed by atoms with Gasteiger partial charge in [0.1, 0.15) is 0 Å². The van der Waals surface area contributed by atoms with E-state index in [9.17, 15) is 0 Å². The van der Waals surface area contributed by atoms with Crippen LogP contribution in [0.1, 0.15) is 24.0 Å². The molecular weight excluding hydrogens is 793 g/mol. The molecule has 0 aliphatic carbocycles. The summed E-state index contributed by atoms with van der Waals surface area (Å²) in [7, 11) is 9.77. The summed E-state index contributed by atoms with van der Waals surface area (Å²) in [5, 5.41) is 0. The third kappa shape index (κ3) is 9.65. The maximum absolute atomic E-state index is 5.62. The fraction of sp³-hybridized carbons (Fsp3) is 0.310. The van der Waals surface area contributed by atoms with Crippen LogP contribution < -0.4 is 33.3 Å². The van der Waals surface area contributed by atoms with Gasteiger partial charge in [-0.2, -0.15) is 0 Å². The molecule has 0 N–H and O–H groups in total. The number of pyridine rings is 1. The molecule has 0 bridgehead atoms. The first kappa shape index (κ1) is 42.4. The Kier molecular flexibility index (Phi) is 15.6. The molecule has 288 valence electrons. The van der Waals surface area contributed by atoms with Crippen molar-refractivity contribution in [3.05, 3.63) is 107 Å². The quantitative estimate of drug-likeness (QED) is 0.109. The lowest BCUT2D eigenvalue weighted by molar-refractivity contribution is 0.201. The number of likely N-dealkylation sites (tertiary alicyclic amines) is 1. The highest BCUT2D eigenvalue weighted by Crippen LogP contribution is 2.42. The first-order chi connectivity index (χ1) is 25.4. The topological polar surface area (TPSA) is 74.8 Å². The van der Waals surface area contributed by atoms with E-state index in [1.807, 2.05) is 30.5 Å². The molecular formula is C42H48BrCl2N3O6. The highest BCUT2D eigenvalue weighted by Gasteiger charge is 2.26. The number of benzene rings is 4. The van der Waals surface area contributed by atoms with Crippen molar-refractivity contribution >= 4 is 46.4 Å². The van der Waals surface area contributed by atoms with E-state index in [-0.39, 0.29) is 24.8 Å². The average Bonchev–Trinajstić information content (AvgIpc) is 3.19. The Balaban J connectivity index is 0.00000325. The Morgan fingerprint density at radius 1 is 0.630 bits per heavy atom. The van der Waals surface area contributed by atoms with Gasteiger partial charge >= 0.3 is 0 Å². The number of hydrogen-bond acceptors (Lipinski definition) is 9. The van der Waals surface area contributed by atoms with Crippen LogP contribution in [-0.4, -0.2) is 71.7 Å². The van der Waals surface area contributed by atoms with Crippen molar-refractivity contribution < 1.29 is 28.4 Å². The molecule has 2 heterocycles. The second kappa shape index (κ2) is 19.8. The molecule has 1 aromatic heterocycles. The highest BCUT2D eigenvalue weighted by atomic mass is 79.9. The van der Waals surface area contributed by atoms with Gasteiger partial charge in [0.15, 0.2) is 23.0 Å². The zero-order valence-electron chi connectivity index (χ0n) is 31.5. The molecule has 9 nitrogen and oxygen atoms in total. The fourth-order valence-electron chi connectivity index (χ4n) is 6.96. The zero-order chi connectivity index (χ0) is 36.6. The van der Waals surface area contributed by atoms with E-state index >= 15 is 0 Å². The zero-order valence-corrected chi connectivity index (χ0v) is 34.7. The summed E-state index contributed by atoms with van der Waals surface area (Å²) >= 11 is 3.63. The molecule has 1 aliphatic heterocycles. The maximum Gasteiger partial charge on any atom is 0.203 e. The summed E-state index contributed by atoms with van der Waals surface area (Å²) in [6, 6.07) is 29.9. The van der Waals surface area contributed by atoms with Crippen LogP contribution in [0.3, 0.4) is 0 Å². The van der Waals surface area contributed by atoms with Crippen molar-refractivity contribution in [2.45, 2.75) is 32.0 Å². The maximum atomic E-state index is 5.62. The van der Waals surface area contributed by atoms with Gasteiger partial charge in [0.25, 0.3) is 0 Å². The van der Waals surface area contributed by atoms with E-state index in [2.05, 4.69) is 86.4 Å². The molecule has 1 fully saturated rings. The van der Waals surface area contributed by atoms with Crippen molar-refractivity contribution in [1.82, 2.24) is 9.88 Å². The third-order valence-electron chi connectivity index (χ3n) is 9.63. The van der Waals surface area contributed by atoms with E-state index in [4.69, 9.17) is 33.4 Å². The average molecular weight is 842 g/mol. The van der Waals surface area contributed by atoms with Gasteiger partial charge in [-0.15, -0.1) is 24.8 Å². The minimum Gasteiger partial charge on any atom is -0.493 e. The Hall–Kier alpha value is -4.35. The number of piperidine rings is 1. The Bertz CT molecular complexity index is 1920. The summed E-state index contributed by atoms with van der Waals surface area (Å²) < 4.78 is 34.6. The van der Waals surface area contributed by atoms with Crippen LogP contribution in [0.2, 0.25) is 0 Å². The second-order valence-electron chi connectivity index (χ2n) is 12.7. The van der Waals surface area contributed by atoms with Crippen molar-refractivity contribution in [2.24, 2.45) is 0 Å². The third-order valence-corrected chi connectivity index (χ3v) is 10.2. The predicted molar refractivity (Wildman–Crippen MR) is 224 cm³/mol. The number of rotatable bonds is 14. The lowest BCUT2D eigenvalue weighted by Gasteiger charge is -2.40. The van der Waals surface area contributed by atoms with Crippen molar-refractivity contribution in [1.29, 1.82) is 0 Å². The number of methoxy groups -OCH3 is 6. The van der Waals surface area contributed by atoms with Crippen molar-refractivity contribution in [3.63, 3.8) is 0 Å². The van der Waals surface area contributed by atoms with Gasteiger partial charge in [-0.3, -0.25) is 9.88 Å². The molecule has 54 heavy (non-hydrogen) atoms. The summed E-state index contributed by atoms with van der Waals surface area (Å²) in [5.41, 5.74) is 7.51. The Morgan fingerprint density at radius 2 is 1.19 bits per heavy atom. The van der Waals surface area contributed by atoms with Crippen molar-refractivity contribution in [2.75, 3.05) is 60.6 Å². The van der Waals surface area contributed by atoms with Crippen LogP contribution in [0.25, 0.3) is 22.4 Å². The number of anilines is 1. The molecule has 0 unspecified atom stereocenters. The SMILES string of the molecule is COc1cc(-c2cccc(CN3CCC(N(Cc4ccnc(-c5cc(OC)c(OC)c(OC)c5)c4)c4ccc(Br)cc4)CC3)c2)cc(OC)c1OC.Cl.Cl. The number of nitrogens with zero attached hydrogens (tertiary/aromatic N) is 3. The molecule has 0 atom stereocenters. The van der Waals surface area contributed by atoms with Crippen molar-refractivity contribution in [3.8, 4) is 56.9 Å². The molecule has 4 aromatic carbocycles.